The van der Waals surface area contributed by atoms with E-state index < -0.39 is 0 Å². The van der Waals surface area contributed by atoms with E-state index >= 15 is 0 Å². The van der Waals surface area contributed by atoms with Crippen LogP contribution in [0.4, 0.5) is 4.39 Å². The summed E-state index contributed by atoms with van der Waals surface area (Å²) in [5.74, 6) is 0.744. The quantitative estimate of drug-likeness (QED) is 0.776. The van der Waals surface area contributed by atoms with E-state index in [4.69, 9.17) is 9.15 Å². The van der Waals surface area contributed by atoms with Crippen molar-refractivity contribution in [1.29, 1.82) is 0 Å². The van der Waals surface area contributed by atoms with Crippen molar-refractivity contribution < 1.29 is 23.4 Å². The average Bonchev–Trinajstić information content (AvgIpc) is 3.32. The van der Waals surface area contributed by atoms with Crippen LogP contribution in [0.15, 0.2) is 34.9 Å². The Balaban J connectivity index is 1.23. The first-order valence-corrected chi connectivity index (χ1v) is 10.3. The second-order valence-corrected chi connectivity index (χ2v) is 8.15. The average molecular weight is 402 g/mol. The zero-order chi connectivity index (χ0) is 20.3. The Bertz CT molecular complexity index is 830. The molecule has 2 atom stereocenters. The molecular weight excluding hydrogens is 375 g/mol. The molecule has 6 nitrogen and oxygen atoms in total. The predicted molar refractivity (Wildman–Crippen MR) is 104 cm³/mol. The molecule has 1 saturated heterocycles. The third kappa shape index (κ3) is 4.51. The lowest BCUT2D eigenvalue weighted by molar-refractivity contribution is -0.121. The zero-order valence-corrected chi connectivity index (χ0v) is 16.4. The smallest absolute Gasteiger partial charge is 0.220 e. The number of carbonyl (C=O) groups excluding carboxylic acids is 1. The summed E-state index contributed by atoms with van der Waals surface area (Å²) in [6.45, 7) is 1.92. The Morgan fingerprint density at radius 3 is 2.76 bits per heavy atom. The number of nitrogens with one attached hydrogen (secondary N) is 1. The summed E-state index contributed by atoms with van der Waals surface area (Å²) in [7, 11) is 0. The highest BCUT2D eigenvalue weighted by molar-refractivity contribution is 5.76. The fraction of sp³-hybridized carbons (Fsp3) is 0.545. The second kappa shape index (κ2) is 8.63. The van der Waals surface area contributed by atoms with Crippen molar-refractivity contribution in [3.63, 3.8) is 0 Å². The summed E-state index contributed by atoms with van der Waals surface area (Å²) >= 11 is 0. The van der Waals surface area contributed by atoms with Gasteiger partial charge in [-0.2, -0.15) is 0 Å². The lowest BCUT2D eigenvalue weighted by atomic mass is 9.76. The van der Waals surface area contributed by atoms with Gasteiger partial charge in [0.2, 0.25) is 5.91 Å². The molecule has 29 heavy (non-hydrogen) atoms. The lowest BCUT2D eigenvalue weighted by Gasteiger charge is -2.37. The van der Waals surface area contributed by atoms with E-state index in [9.17, 15) is 14.3 Å². The largest absolute Gasteiger partial charge is 0.441 e. The van der Waals surface area contributed by atoms with Crippen molar-refractivity contribution >= 4 is 5.91 Å². The fourth-order valence-electron chi connectivity index (χ4n) is 4.54. The van der Waals surface area contributed by atoms with Crippen molar-refractivity contribution in [1.82, 2.24) is 10.3 Å². The molecule has 1 aromatic heterocycles. The summed E-state index contributed by atoms with van der Waals surface area (Å²) in [5.41, 5.74) is 0.717. The molecule has 1 aromatic carbocycles. The lowest BCUT2D eigenvalue weighted by Crippen LogP contribution is -2.41. The normalized spacial score (nSPS) is 23.4. The molecule has 0 radical (unpaired) electrons. The minimum atomic E-state index is -0.378. The monoisotopic (exact) mass is 402 g/mol. The van der Waals surface area contributed by atoms with Gasteiger partial charge >= 0.3 is 0 Å². The van der Waals surface area contributed by atoms with E-state index in [0.29, 0.717) is 37.8 Å². The number of hydrogen-bond donors (Lipinski definition) is 2. The number of benzene rings is 1. The number of aliphatic hydroxyl groups is 1. The number of aryl methyl sites for hydroxylation is 1. The molecule has 2 aliphatic rings. The van der Waals surface area contributed by atoms with Gasteiger partial charge in [0, 0.05) is 49.5 Å². The topological polar surface area (TPSA) is 84.6 Å². The number of ether oxygens (including phenoxy) is 1. The Kier molecular flexibility index (Phi) is 5.96. The summed E-state index contributed by atoms with van der Waals surface area (Å²) in [6, 6.07) is 5.99. The van der Waals surface area contributed by atoms with Gasteiger partial charge in [-0.1, -0.05) is 0 Å². The number of halogens is 1. The van der Waals surface area contributed by atoms with E-state index in [2.05, 4.69) is 10.3 Å². The number of nitrogens with zero attached hydrogens (tertiary/aromatic N) is 1. The summed E-state index contributed by atoms with van der Waals surface area (Å²) in [4.78, 5) is 16.4. The Hall–Kier alpha value is -2.25. The Labute approximate surface area is 169 Å². The van der Waals surface area contributed by atoms with Gasteiger partial charge in [-0.05, 0) is 49.9 Å². The van der Waals surface area contributed by atoms with Crippen LogP contribution in [0.2, 0.25) is 0 Å². The molecule has 7 heteroatoms. The molecule has 2 unspecified atom stereocenters. The van der Waals surface area contributed by atoms with Crippen molar-refractivity contribution in [2.24, 2.45) is 11.3 Å². The molecule has 1 saturated carbocycles. The molecule has 1 aliphatic heterocycles. The van der Waals surface area contributed by atoms with Crippen LogP contribution in [0, 0.1) is 17.2 Å². The minimum absolute atomic E-state index is 0.0253. The third-order valence-electron chi connectivity index (χ3n) is 6.39. The number of amides is 1. The molecule has 2 N–H and O–H groups in total. The van der Waals surface area contributed by atoms with Crippen LogP contribution in [0.5, 0.6) is 0 Å². The van der Waals surface area contributed by atoms with Gasteiger partial charge in [-0.3, -0.25) is 4.79 Å². The molecule has 2 heterocycles. The highest BCUT2D eigenvalue weighted by Gasteiger charge is 2.48. The molecule has 1 amide bonds. The van der Waals surface area contributed by atoms with Gasteiger partial charge in [0.1, 0.15) is 5.82 Å². The van der Waals surface area contributed by atoms with Crippen molar-refractivity contribution in [3.8, 4) is 11.3 Å². The van der Waals surface area contributed by atoms with Gasteiger partial charge < -0.3 is 19.6 Å². The molecule has 0 bridgehead atoms. The number of aliphatic hydroxyl groups excluding tert-OH is 1. The highest BCUT2D eigenvalue weighted by Crippen LogP contribution is 2.48. The molecule has 1 spiro atoms. The molecule has 2 aromatic rings. The van der Waals surface area contributed by atoms with Crippen molar-refractivity contribution in [2.75, 3.05) is 19.8 Å². The van der Waals surface area contributed by atoms with Crippen molar-refractivity contribution in [2.45, 2.75) is 44.6 Å². The van der Waals surface area contributed by atoms with Gasteiger partial charge in [0.05, 0.1) is 12.3 Å². The minimum Gasteiger partial charge on any atom is -0.441 e. The Morgan fingerprint density at radius 2 is 2.00 bits per heavy atom. The maximum Gasteiger partial charge on any atom is 0.220 e. The summed E-state index contributed by atoms with van der Waals surface area (Å²) < 4.78 is 24.1. The Morgan fingerprint density at radius 1 is 1.24 bits per heavy atom. The highest BCUT2D eigenvalue weighted by atomic mass is 19.1. The first kappa shape index (κ1) is 20.0. The van der Waals surface area contributed by atoms with Gasteiger partial charge in [0.25, 0.3) is 0 Å². The summed E-state index contributed by atoms with van der Waals surface area (Å²) in [5, 5.41) is 13.7. The van der Waals surface area contributed by atoms with E-state index in [-0.39, 0.29) is 35.6 Å². The van der Waals surface area contributed by atoms with Crippen LogP contribution < -0.4 is 5.32 Å². The number of rotatable bonds is 6. The fourth-order valence-corrected chi connectivity index (χ4v) is 4.54. The van der Waals surface area contributed by atoms with Crippen LogP contribution >= 0.6 is 0 Å². The zero-order valence-electron chi connectivity index (χ0n) is 16.4. The standard InChI is InChI=1S/C22H27FN2O4/c23-17-3-1-15(2-4-17)18-14-25-20(29-18)6-5-19(26)24-13-16-7-8-22(21(16)27)9-11-28-12-10-22/h1-4,14,16,21,27H,5-13H2,(H,24,26). The number of oxazole rings is 1. The maximum atomic E-state index is 13.0. The van der Waals surface area contributed by atoms with Crippen LogP contribution in [0.3, 0.4) is 0 Å². The molecular formula is C22H27FN2O4. The van der Waals surface area contributed by atoms with Crippen LogP contribution in [0.1, 0.15) is 38.0 Å². The van der Waals surface area contributed by atoms with E-state index in [1.807, 2.05) is 0 Å². The van der Waals surface area contributed by atoms with E-state index in [0.717, 1.165) is 31.2 Å². The maximum absolute atomic E-state index is 13.0. The first-order valence-electron chi connectivity index (χ1n) is 10.3. The van der Waals surface area contributed by atoms with Gasteiger partial charge in [-0.15, -0.1) is 0 Å². The third-order valence-corrected chi connectivity index (χ3v) is 6.39. The SMILES string of the molecule is O=C(CCc1ncc(-c2ccc(F)cc2)o1)NCC1CCC2(CCOCC2)C1O. The summed E-state index contributed by atoms with van der Waals surface area (Å²) in [6.07, 6.45) is 5.60. The number of hydrogen-bond acceptors (Lipinski definition) is 5. The van der Waals surface area contributed by atoms with Crippen molar-refractivity contribution in [3.05, 3.63) is 42.2 Å². The van der Waals surface area contributed by atoms with Gasteiger partial charge in [-0.25, -0.2) is 9.37 Å². The van der Waals surface area contributed by atoms with Crippen LogP contribution in [-0.4, -0.2) is 41.9 Å². The van der Waals surface area contributed by atoms with Crippen LogP contribution in [-0.2, 0) is 16.0 Å². The molecule has 1 aliphatic carbocycles. The van der Waals surface area contributed by atoms with E-state index in [1.165, 1.54) is 12.1 Å². The number of carbonyl (C=O) groups is 1. The van der Waals surface area contributed by atoms with E-state index in [1.54, 1.807) is 18.3 Å². The molecule has 4 rings (SSSR count). The second-order valence-electron chi connectivity index (χ2n) is 8.15. The first-order chi connectivity index (χ1) is 14.1. The predicted octanol–water partition coefficient (Wildman–Crippen LogP) is 3.10. The van der Waals surface area contributed by atoms with Gasteiger partial charge in [0.15, 0.2) is 11.7 Å². The molecule has 156 valence electrons. The molecule has 2 fully saturated rings. The number of aromatic nitrogens is 1. The van der Waals surface area contributed by atoms with Crippen LogP contribution in [0.25, 0.3) is 11.3 Å².